The fourth-order valence-electron chi connectivity index (χ4n) is 2.77. The van der Waals surface area contributed by atoms with Crippen LogP contribution >= 0.6 is 0 Å². The number of amides is 1. The molecular formula is C14H22N2O4S. The Morgan fingerprint density at radius 1 is 1.38 bits per heavy atom. The van der Waals surface area contributed by atoms with Crippen LogP contribution < -0.4 is 4.72 Å². The van der Waals surface area contributed by atoms with Gasteiger partial charge in [-0.25, -0.2) is 13.1 Å². The highest BCUT2D eigenvalue weighted by Crippen LogP contribution is 2.27. The number of nitrogens with one attached hydrogen (secondary N) is 1. The first-order valence-corrected chi connectivity index (χ1v) is 8.64. The summed E-state index contributed by atoms with van der Waals surface area (Å²) in [7, 11) is -0.607. The Hall–Kier alpha value is -1.34. The maximum atomic E-state index is 12.4. The quantitative estimate of drug-likeness (QED) is 0.919. The molecule has 0 saturated heterocycles. The Kier molecular flexibility index (Phi) is 4.73. The van der Waals surface area contributed by atoms with Crippen molar-refractivity contribution in [2.75, 3.05) is 14.1 Å². The summed E-state index contributed by atoms with van der Waals surface area (Å²) < 4.78 is 30.6. The van der Waals surface area contributed by atoms with E-state index in [0.717, 1.165) is 19.3 Å². The Balaban J connectivity index is 2.13. The third-order valence-corrected chi connectivity index (χ3v) is 5.39. The van der Waals surface area contributed by atoms with Crippen LogP contribution in [0, 0.1) is 5.92 Å². The SMILES string of the molecule is CNS(=O)(=O)c1ccc(C(=O)N(C)C2CCCC(C)C2)o1. The smallest absolute Gasteiger partial charge is 0.289 e. The highest BCUT2D eigenvalue weighted by atomic mass is 32.2. The third kappa shape index (κ3) is 3.47. The van der Waals surface area contributed by atoms with Crippen molar-refractivity contribution in [3.05, 3.63) is 17.9 Å². The molecular weight excluding hydrogens is 292 g/mol. The van der Waals surface area contributed by atoms with E-state index in [-0.39, 0.29) is 22.8 Å². The first kappa shape index (κ1) is 16.0. The summed E-state index contributed by atoms with van der Waals surface area (Å²) in [6.45, 7) is 2.19. The fraction of sp³-hybridized carbons (Fsp3) is 0.643. The normalized spacial score (nSPS) is 23.0. The van der Waals surface area contributed by atoms with Gasteiger partial charge in [0.15, 0.2) is 5.76 Å². The van der Waals surface area contributed by atoms with E-state index in [9.17, 15) is 13.2 Å². The Labute approximate surface area is 125 Å². The molecule has 2 unspecified atom stereocenters. The molecule has 1 saturated carbocycles. The van der Waals surface area contributed by atoms with Crippen LogP contribution in [-0.2, 0) is 10.0 Å². The number of rotatable bonds is 4. The van der Waals surface area contributed by atoms with Crippen molar-refractivity contribution in [2.24, 2.45) is 5.92 Å². The third-order valence-electron chi connectivity index (χ3n) is 4.10. The molecule has 2 rings (SSSR count). The van der Waals surface area contributed by atoms with Crippen LogP contribution in [0.2, 0.25) is 0 Å². The number of nitrogens with zero attached hydrogens (tertiary/aromatic N) is 1. The Morgan fingerprint density at radius 2 is 2.10 bits per heavy atom. The average molecular weight is 314 g/mol. The molecule has 118 valence electrons. The average Bonchev–Trinajstić information content (AvgIpc) is 2.96. The highest BCUT2D eigenvalue weighted by Gasteiger charge is 2.28. The summed E-state index contributed by atoms with van der Waals surface area (Å²) in [5.41, 5.74) is 0. The zero-order valence-corrected chi connectivity index (χ0v) is 13.4. The van der Waals surface area contributed by atoms with E-state index in [1.54, 1.807) is 11.9 Å². The molecule has 0 aliphatic heterocycles. The number of carbonyl (C=O) groups excluding carboxylic acids is 1. The molecule has 1 amide bonds. The molecule has 6 nitrogen and oxygen atoms in total. The summed E-state index contributed by atoms with van der Waals surface area (Å²) in [5, 5.41) is -0.237. The summed E-state index contributed by atoms with van der Waals surface area (Å²) in [6.07, 6.45) is 4.27. The molecule has 1 aromatic heterocycles. The number of sulfonamides is 1. The molecule has 1 N–H and O–H groups in total. The predicted octanol–water partition coefficient (Wildman–Crippen LogP) is 1.84. The molecule has 0 bridgehead atoms. The second-order valence-electron chi connectivity index (χ2n) is 5.67. The summed E-state index contributed by atoms with van der Waals surface area (Å²) in [6, 6.07) is 2.90. The zero-order chi connectivity index (χ0) is 15.6. The highest BCUT2D eigenvalue weighted by molar-refractivity contribution is 7.89. The van der Waals surface area contributed by atoms with Crippen molar-refractivity contribution in [3.8, 4) is 0 Å². The topological polar surface area (TPSA) is 79.6 Å². The van der Waals surface area contributed by atoms with Gasteiger partial charge in [-0.05, 0) is 37.9 Å². The van der Waals surface area contributed by atoms with Gasteiger partial charge in [0.05, 0.1) is 0 Å². The fourth-order valence-corrected chi connectivity index (χ4v) is 3.42. The van der Waals surface area contributed by atoms with Crippen LogP contribution in [0.5, 0.6) is 0 Å². The van der Waals surface area contributed by atoms with E-state index in [2.05, 4.69) is 11.6 Å². The van der Waals surface area contributed by atoms with E-state index in [4.69, 9.17) is 4.42 Å². The molecule has 2 atom stereocenters. The lowest BCUT2D eigenvalue weighted by atomic mass is 9.86. The minimum atomic E-state index is -3.66. The number of hydrogen-bond acceptors (Lipinski definition) is 4. The maximum Gasteiger partial charge on any atom is 0.289 e. The van der Waals surface area contributed by atoms with Gasteiger partial charge in [0.1, 0.15) is 0 Å². The van der Waals surface area contributed by atoms with Crippen LogP contribution in [0.4, 0.5) is 0 Å². The Morgan fingerprint density at radius 3 is 2.71 bits per heavy atom. The lowest BCUT2D eigenvalue weighted by molar-refractivity contribution is 0.0635. The number of hydrogen-bond donors (Lipinski definition) is 1. The molecule has 1 aliphatic carbocycles. The Bertz CT molecular complexity index is 608. The van der Waals surface area contributed by atoms with Gasteiger partial charge in [-0.3, -0.25) is 4.79 Å². The van der Waals surface area contributed by atoms with Gasteiger partial charge >= 0.3 is 0 Å². The summed E-state index contributed by atoms with van der Waals surface area (Å²) in [5.74, 6) is 0.395. The number of furan rings is 1. The van der Waals surface area contributed by atoms with Gasteiger partial charge in [-0.15, -0.1) is 0 Å². The van der Waals surface area contributed by atoms with E-state index in [1.807, 2.05) is 0 Å². The van der Waals surface area contributed by atoms with Crippen molar-refractivity contribution >= 4 is 15.9 Å². The lowest BCUT2D eigenvalue weighted by Gasteiger charge is -2.33. The zero-order valence-electron chi connectivity index (χ0n) is 12.6. The predicted molar refractivity (Wildman–Crippen MR) is 78.5 cm³/mol. The lowest BCUT2D eigenvalue weighted by Crippen LogP contribution is -2.39. The van der Waals surface area contributed by atoms with Crippen molar-refractivity contribution in [2.45, 2.75) is 43.7 Å². The standard InChI is InChI=1S/C14H22N2O4S/c1-10-5-4-6-11(9-10)16(3)14(17)12-7-8-13(20-12)21(18,19)15-2/h7-8,10-11,15H,4-6,9H2,1-3H3. The van der Waals surface area contributed by atoms with Crippen LogP contribution in [-0.4, -0.2) is 39.4 Å². The molecule has 0 aromatic carbocycles. The van der Waals surface area contributed by atoms with Crippen LogP contribution in [0.3, 0.4) is 0 Å². The van der Waals surface area contributed by atoms with Crippen LogP contribution in [0.1, 0.15) is 43.2 Å². The minimum absolute atomic E-state index is 0.0598. The van der Waals surface area contributed by atoms with Crippen molar-refractivity contribution in [1.82, 2.24) is 9.62 Å². The largest absolute Gasteiger partial charge is 0.438 e. The van der Waals surface area contributed by atoms with Crippen molar-refractivity contribution in [1.29, 1.82) is 0 Å². The molecule has 1 fully saturated rings. The second-order valence-corrected chi connectivity index (χ2v) is 7.49. The van der Waals surface area contributed by atoms with E-state index in [1.165, 1.54) is 25.6 Å². The van der Waals surface area contributed by atoms with Gasteiger partial charge < -0.3 is 9.32 Å². The molecule has 0 spiro atoms. The van der Waals surface area contributed by atoms with E-state index >= 15 is 0 Å². The first-order chi connectivity index (χ1) is 9.85. The van der Waals surface area contributed by atoms with Gasteiger partial charge in [0.2, 0.25) is 5.09 Å². The summed E-state index contributed by atoms with van der Waals surface area (Å²) in [4.78, 5) is 14.1. The number of carbonyl (C=O) groups is 1. The minimum Gasteiger partial charge on any atom is -0.438 e. The molecule has 0 radical (unpaired) electrons. The van der Waals surface area contributed by atoms with Crippen molar-refractivity contribution < 1.29 is 17.6 Å². The van der Waals surface area contributed by atoms with E-state index < -0.39 is 10.0 Å². The van der Waals surface area contributed by atoms with Crippen molar-refractivity contribution in [3.63, 3.8) is 0 Å². The first-order valence-electron chi connectivity index (χ1n) is 7.15. The monoisotopic (exact) mass is 314 g/mol. The van der Waals surface area contributed by atoms with Crippen LogP contribution in [0.25, 0.3) is 0 Å². The van der Waals surface area contributed by atoms with Gasteiger partial charge in [0, 0.05) is 13.1 Å². The molecule has 7 heteroatoms. The summed E-state index contributed by atoms with van der Waals surface area (Å²) >= 11 is 0. The molecule has 1 aromatic rings. The van der Waals surface area contributed by atoms with Gasteiger partial charge in [-0.2, -0.15) is 0 Å². The molecule has 1 heterocycles. The van der Waals surface area contributed by atoms with Crippen LogP contribution in [0.15, 0.2) is 21.6 Å². The molecule has 21 heavy (non-hydrogen) atoms. The second kappa shape index (κ2) is 6.19. The van der Waals surface area contributed by atoms with Gasteiger partial charge in [-0.1, -0.05) is 19.8 Å². The molecule has 1 aliphatic rings. The van der Waals surface area contributed by atoms with Gasteiger partial charge in [0.25, 0.3) is 15.9 Å². The van der Waals surface area contributed by atoms with E-state index in [0.29, 0.717) is 5.92 Å². The maximum absolute atomic E-state index is 12.4.